The van der Waals surface area contributed by atoms with Crippen LogP contribution in [0.25, 0.3) is 5.69 Å². The number of benzene rings is 1. The summed E-state index contributed by atoms with van der Waals surface area (Å²) in [5.41, 5.74) is 0.668. The summed E-state index contributed by atoms with van der Waals surface area (Å²) in [6.45, 7) is 0. The van der Waals surface area contributed by atoms with Gasteiger partial charge in [0.05, 0.1) is 18.4 Å². The van der Waals surface area contributed by atoms with E-state index < -0.39 is 5.97 Å². The van der Waals surface area contributed by atoms with Gasteiger partial charge in [0.25, 0.3) is 0 Å². The van der Waals surface area contributed by atoms with Crippen LogP contribution in [0.5, 0.6) is 5.75 Å². The van der Waals surface area contributed by atoms with E-state index in [2.05, 4.69) is 5.10 Å². The van der Waals surface area contributed by atoms with E-state index in [1.165, 1.54) is 17.9 Å². The average molecular weight is 218 g/mol. The fourth-order valence-corrected chi connectivity index (χ4v) is 1.42. The van der Waals surface area contributed by atoms with Crippen LogP contribution >= 0.6 is 0 Å². The fourth-order valence-electron chi connectivity index (χ4n) is 1.42. The molecule has 0 spiro atoms. The van der Waals surface area contributed by atoms with Crippen LogP contribution in [0, 0.1) is 0 Å². The lowest BCUT2D eigenvalue weighted by molar-refractivity contribution is 0.0696. The lowest BCUT2D eigenvalue weighted by Gasteiger charge is -2.07. The minimum absolute atomic E-state index is 0.156. The van der Waals surface area contributed by atoms with Gasteiger partial charge in [-0.25, -0.2) is 9.48 Å². The van der Waals surface area contributed by atoms with Gasteiger partial charge in [-0.3, -0.25) is 0 Å². The molecule has 0 aliphatic rings. The third kappa shape index (κ3) is 1.75. The SMILES string of the molecule is COc1ccc(-n2cccn2)c(C(=O)O)c1. The molecule has 2 aromatic rings. The normalized spacial score (nSPS) is 10.1. The summed E-state index contributed by atoms with van der Waals surface area (Å²) in [5, 5.41) is 13.1. The van der Waals surface area contributed by atoms with Gasteiger partial charge < -0.3 is 9.84 Å². The molecule has 82 valence electrons. The van der Waals surface area contributed by atoms with Gasteiger partial charge in [0.15, 0.2) is 0 Å². The van der Waals surface area contributed by atoms with Crippen molar-refractivity contribution >= 4 is 5.97 Å². The zero-order chi connectivity index (χ0) is 11.5. The molecule has 0 aliphatic heterocycles. The first-order valence-corrected chi connectivity index (χ1v) is 4.63. The minimum Gasteiger partial charge on any atom is -0.497 e. The number of aromatic nitrogens is 2. The summed E-state index contributed by atoms with van der Waals surface area (Å²) >= 11 is 0. The van der Waals surface area contributed by atoms with E-state index in [1.807, 2.05) is 0 Å². The molecule has 1 aromatic heterocycles. The van der Waals surface area contributed by atoms with Crippen molar-refractivity contribution in [2.75, 3.05) is 7.11 Å². The zero-order valence-corrected chi connectivity index (χ0v) is 8.62. The van der Waals surface area contributed by atoms with Crippen LogP contribution in [0.1, 0.15) is 10.4 Å². The van der Waals surface area contributed by atoms with Crippen LogP contribution in [0.4, 0.5) is 0 Å². The van der Waals surface area contributed by atoms with Crippen LogP contribution in [0.2, 0.25) is 0 Å². The Balaban J connectivity index is 2.57. The van der Waals surface area contributed by atoms with Gasteiger partial charge in [0.1, 0.15) is 5.75 Å². The zero-order valence-electron chi connectivity index (χ0n) is 8.62. The number of aromatic carboxylic acids is 1. The van der Waals surface area contributed by atoms with Gasteiger partial charge in [-0.1, -0.05) is 0 Å². The van der Waals surface area contributed by atoms with Crippen molar-refractivity contribution in [2.24, 2.45) is 0 Å². The van der Waals surface area contributed by atoms with Crippen LogP contribution in [-0.2, 0) is 0 Å². The number of carbonyl (C=O) groups is 1. The van der Waals surface area contributed by atoms with E-state index in [1.54, 1.807) is 30.6 Å². The van der Waals surface area contributed by atoms with Crippen molar-refractivity contribution in [3.05, 3.63) is 42.2 Å². The number of rotatable bonds is 3. The molecular formula is C11H10N2O3. The van der Waals surface area contributed by atoms with Crippen LogP contribution < -0.4 is 4.74 Å². The standard InChI is InChI=1S/C11H10N2O3/c1-16-8-3-4-10(9(7-8)11(14)15)13-6-2-5-12-13/h2-7H,1H3,(H,14,15). The summed E-state index contributed by atoms with van der Waals surface area (Å²) in [6.07, 6.45) is 3.28. The number of hydrogen-bond donors (Lipinski definition) is 1. The van der Waals surface area contributed by atoms with Gasteiger partial charge >= 0.3 is 5.97 Å². The Hall–Kier alpha value is -2.30. The molecule has 16 heavy (non-hydrogen) atoms. The number of ether oxygens (including phenoxy) is 1. The Bertz CT molecular complexity index is 506. The van der Waals surface area contributed by atoms with Crippen LogP contribution in [0.3, 0.4) is 0 Å². The maximum atomic E-state index is 11.1. The molecule has 0 amide bonds. The topological polar surface area (TPSA) is 64.4 Å². The second kappa shape index (κ2) is 4.06. The monoisotopic (exact) mass is 218 g/mol. The first kappa shape index (κ1) is 10.2. The summed E-state index contributed by atoms with van der Waals surface area (Å²) in [4.78, 5) is 11.1. The maximum Gasteiger partial charge on any atom is 0.338 e. The molecule has 1 heterocycles. The molecule has 0 aliphatic carbocycles. The summed E-state index contributed by atoms with van der Waals surface area (Å²) in [5.74, 6) is -0.502. The molecule has 0 saturated carbocycles. The quantitative estimate of drug-likeness (QED) is 0.849. The Morgan fingerprint density at radius 2 is 2.31 bits per heavy atom. The van der Waals surface area contributed by atoms with E-state index in [-0.39, 0.29) is 5.56 Å². The first-order valence-electron chi connectivity index (χ1n) is 4.63. The third-order valence-corrected chi connectivity index (χ3v) is 2.19. The van der Waals surface area contributed by atoms with Crippen LogP contribution in [-0.4, -0.2) is 28.0 Å². The lowest BCUT2D eigenvalue weighted by atomic mass is 10.1. The molecule has 0 fully saturated rings. The average Bonchev–Trinajstić information content (AvgIpc) is 2.81. The Kier molecular flexibility index (Phi) is 2.59. The number of carboxylic acids is 1. The summed E-state index contributed by atoms with van der Waals surface area (Å²) in [7, 11) is 1.49. The molecule has 0 radical (unpaired) electrons. The Morgan fingerprint density at radius 3 is 2.88 bits per heavy atom. The van der Waals surface area contributed by atoms with Crippen molar-refractivity contribution in [1.29, 1.82) is 0 Å². The van der Waals surface area contributed by atoms with Gasteiger partial charge in [-0.2, -0.15) is 5.10 Å². The highest BCUT2D eigenvalue weighted by Gasteiger charge is 2.12. The van der Waals surface area contributed by atoms with Gasteiger partial charge in [0, 0.05) is 12.4 Å². The van der Waals surface area contributed by atoms with E-state index in [0.717, 1.165) is 0 Å². The van der Waals surface area contributed by atoms with Gasteiger partial charge in [0.2, 0.25) is 0 Å². The van der Waals surface area contributed by atoms with Crippen molar-refractivity contribution in [3.8, 4) is 11.4 Å². The number of hydrogen-bond acceptors (Lipinski definition) is 3. The number of carboxylic acid groups (broad SMARTS) is 1. The molecule has 0 bridgehead atoms. The van der Waals surface area contributed by atoms with E-state index >= 15 is 0 Å². The molecule has 5 heteroatoms. The van der Waals surface area contributed by atoms with Gasteiger partial charge in [-0.15, -0.1) is 0 Å². The maximum absolute atomic E-state index is 11.1. The predicted molar refractivity (Wildman–Crippen MR) is 57.1 cm³/mol. The predicted octanol–water partition coefficient (Wildman–Crippen LogP) is 1.58. The largest absolute Gasteiger partial charge is 0.497 e. The molecular weight excluding hydrogens is 208 g/mol. The fraction of sp³-hybridized carbons (Fsp3) is 0.0909. The second-order valence-electron chi connectivity index (χ2n) is 3.14. The van der Waals surface area contributed by atoms with Crippen molar-refractivity contribution in [2.45, 2.75) is 0 Å². The third-order valence-electron chi connectivity index (χ3n) is 2.19. The highest BCUT2D eigenvalue weighted by Crippen LogP contribution is 2.20. The highest BCUT2D eigenvalue weighted by molar-refractivity contribution is 5.92. The molecule has 0 atom stereocenters. The Morgan fingerprint density at radius 1 is 1.50 bits per heavy atom. The number of methoxy groups -OCH3 is 1. The van der Waals surface area contributed by atoms with Crippen molar-refractivity contribution < 1.29 is 14.6 Å². The summed E-state index contributed by atoms with van der Waals surface area (Å²) < 4.78 is 6.49. The van der Waals surface area contributed by atoms with Gasteiger partial charge in [-0.05, 0) is 24.3 Å². The molecule has 0 unspecified atom stereocenters. The second-order valence-corrected chi connectivity index (χ2v) is 3.14. The van der Waals surface area contributed by atoms with E-state index in [0.29, 0.717) is 11.4 Å². The van der Waals surface area contributed by atoms with Crippen molar-refractivity contribution in [3.63, 3.8) is 0 Å². The number of nitrogens with zero attached hydrogens (tertiary/aromatic N) is 2. The smallest absolute Gasteiger partial charge is 0.338 e. The molecule has 1 N–H and O–H groups in total. The molecule has 2 rings (SSSR count). The lowest BCUT2D eigenvalue weighted by Crippen LogP contribution is -2.06. The van der Waals surface area contributed by atoms with Crippen molar-refractivity contribution in [1.82, 2.24) is 9.78 Å². The van der Waals surface area contributed by atoms with E-state index in [9.17, 15) is 4.79 Å². The Labute approximate surface area is 91.9 Å². The molecule has 1 aromatic carbocycles. The minimum atomic E-state index is -1.01. The summed E-state index contributed by atoms with van der Waals surface area (Å²) in [6, 6.07) is 6.56. The van der Waals surface area contributed by atoms with Crippen LogP contribution in [0.15, 0.2) is 36.7 Å². The first-order chi connectivity index (χ1) is 7.72. The van der Waals surface area contributed by atoms with E-state index in [4.69, 9.17) is 9.84 Å². The highest BCUT2D eigenvalue weighted by atomic mass is 16.5. The molecule has 0 saturated heterocycles. The molecule has 5 nitrogen and oxygen atoms in total.